The first-order valence-electron chi connectivity index (χ1n) is 7.39. The number of hydrogen-bond acceptors (Lipinski definition) is 3. The van der Waals surface area contributed by atoms with Gasteiger partial charge < -0.3 is 4.74 Å². The van der Waals surface area contributed by atoms with Gasteiger partial charge in [-0.2, -0.15) is 0 Å². The minimum Gasteiger partial charge on any atom is -0.489 e. The Morgan fingerprint density at radius 2 is 1.67 bits per heavy atom. The molecule has 1 aromatic rings. The molecule has 0 spiro atoms. The van der Waals surface area contributed by atoms with Crippen LogP contribution in [0.1, 0.15) is 44.2 Å². The Morgan fingerprint density at radius 1 is 1.10 bits per heavy atom. The van der Waals surface area contributed by atoms with Crippen molar-refractivity contribution < 1.29 is 13.2 Å². The van der Waals surface area contributed by atoms with E-state index in [-0.39, 0.29) is 11.0 Å². The normalized spacial score (nSPS) is 26.6. The molecule has 2 unspecified atom stereocenters. The Labute approximate surface area is 132 Å². The van der Waals surface area contributed by atoms with Gasteiger partial charge in [0, 0.05) is 10.7 Å². The van der Waals surface area contributed by atoms with E-state index in [2.05, 4.69) is 13.8 Å². The van der Waals surface area contributed by atoms with Crippen LogP contribution in [0.2, 0.25) is 0 Å². The van der Waals surface area contributed by atoms with Crippen molar-refractivity contribution >= 4 is 19.7 Å². The zero-order valence-electron chi connectivity index (χ0n) is 13.0. The average molecular weight is 331 g/mol. The largest absolute Gasteiger partial charge is 0.489 e. The highest BCUT2D eigenvalue weighted by molar-refractivity contribution is 8.13. The SMILES string of the molecule is Cc1cc(C)c(OC2CC(C)CC(C)C2)c(S(=O)(=O)Cl)c1. The van der Waals surface area contributed by atoms with Crippen LogP contribution in [0.25, 0.3) is 0 Å². The van der Waals surface area contributed by atoms with Gasteiger partial charge in [0.25, 0.3) is 9.05 Å². The van der Waals surface area contributed by atoms with Gasteiger partial charge in [-0.25, -0.2) is 8.42 Å². The summed E-state index contributed by atoms with van der Waals surface area (Å²) in [5.41, 5.74) is 1.68. The van der Waals surface area contributed by atoms with Crippen LogP contribution in [0.15, 0.2) is 17.0 Å². The third kappa shape index (κ3) is 4.13. The smallest absolute Gasteiger partial charge is 0.265 e. The van der Waals surface area contributed by atoms with Gasteiger partial charge in [-0.3, -0.25) is 0 Å². The van der Waals surface area contributed by atoms with Gasteiger partial charge in [-0.1, -0.05) is 19.9 Å². The lowest BCUT2D eigenvalue weighted by Crippen LogP contribution is -2.29. The monoisotopic (exact) mass is 330 g/mol. The highest BCUT2D eigenvalue weighted by atomic mass is 35.7. The molecule has 0 amide bonds. The van der Waals surface area contributed by atoms with Gasteiger partial charge in [-0.05, 0) is 62.1 Å². The Bertz CT molecular complexity index is 615. The predicted molar refractivity (Wildman–Crippen MR) is 85.5 cm³/mol. The first-order valence-corrected chi connectivity index (χ1v) is 9.70. The summed E-state index contributed by atoms with van der Waals surface area (Å²) in [6.07, 6.45) is 3.18. The lowest BCUT2D eigenvalue weighted by atomic mass is 9.82. The number of benzene rings is 1. The molecule has 0 heterocycles. The average Bonchev–Trinajstić information content (AvgIpc) is 2.29. The van der Waals surface area contributed by atoms with Crippen molar-refractivity contribution in [2.75, 3.05) is 0 Å². The molecule has 1 saturated carbocycles. The number of halogens is 1. The maximum absolute atomic E-state index is 11.8. The van der Waals surface area contributed by atoms with E-state index in [0.717, 1.165) is 24.0 Å². The summed E-state index contributed by atoms with van der Waals surface area (Å²) >= 11 is 0. The molecule has 0 N–H and O–H groups in total. The molecule has 118 valence electrons. The molecule has 1 aliphatic carbocycles. The molecule has 1 aliphatic rings. The fourth-order valence-corrected chi connectivity index (χ4v) is 4.48. The molecule has 5 heteroatoms. The fraction of sp³-hybridized carbons (Fsp3) is 0.625. The second-order valence-electron chi connectivity index (χ2n) is 6.50. The van der Waals surface area contributed by atoms with E-state index < -0.39 is 9.05 Å². The topological polar surface area (TPSA) is 43.4 Å². The van der Waals surface area contributed by atoms with Gasteiger partial charge in [0.2, 0.25) is 0 Å². The first-order chi connectivity index (χ1) is 9.66. The number of aryl methyl sites for hydroxylation is 2. The van der Waals surface area contributed by atoms with Crippen molar-refractivity contribution in [2.24, 2.45) is 11.8 Å². The van der Waals surface area contributed by atoms with Crippen molar-refractivity contribution in [1.82, 2.24) is 0 Å². The van der Waals surface area contributed by atoms with Crippen LogP contribution in [0.5, 0.6) is 5.75 Å². The van der Waals surface area contributed by atoms with Gasteiger partial charge in [0.05, 0.1) is 6.10 Å². The van der Waals surface area contributed by atoms with Gasteiger partial charge >= 0.3 is 0 Å². The predicted octanol–water partition coefficient (Wildman–Crippen LogP) is 4.43. The summed E-state index contributed by atoms with van der Waals surface area (Å²) in [6, 6.07) is 3.51. The Morgan fingerprint density at radius 3 is 2.19 bits per heavy atom. The molecular weight excluding hydrogens is 308 g/mol. The van der Waals surface area contributed by atoms with Gasteiger partial charge in [0.15, 0.2) is 0 Å². The fourth-order valence-electron chi connectivity index (χ4n) is 3.38. The van der Waals surface area contributed by atoms with E-state index in [4.69, 9.17) is 15.4 Å². The van der Waals surface area contributed by atoms with Gasteiger partial charge in [0.1, 0.15) is 10.6 Å². The van der Waals surface area contributed by atoms with Crippen molar-refractivity contribution in [3.8, 4) is 5.75 Å². The van der Waals surface area contributed by atoms with Crippen LogP contribution in [0, 0.1) is 25.7 Å². The second kappa shape index (κ2) is 6.17. The van der Waals surface area contributed by atoms with Crippen molar-refractivity contribution in [3.63, 3.8) is 0 Å². The molecule has 21 heavy (non-hydrogen) atoms. The van der Waals surface area contributed by atoms with Crippen LogP contribution < -0.4 is 4.74 Å². The first kappa shape index (κ1) is 16.6. The summed E-state index contributed by atoms with van der Waals surface area (Å²) in [4.78, 5) is 0.0903. The van der Waals surface area contributed by atoms with Crippen LogP contribution in [0.4, 0.5) is 0 Å². The minimum atomic E-state index is -3.81. The number of hydrogen-bond donors (Lipinski definition) is 0. The molecule has 2 rings (SSSR count). The molecule has 0 aliphatic heterocycles. The lowest BCUT2D eigenvalue weighted by Gasteiger charge is -2.32. The van der Waals surface area contributed by atoms with E-state index >= 15 is 0 Å². The molecule has 1 aromatic carbocycles. The highest BCUT2D eigenvalue weighted by Crippen LogP contribution is 2.36. The Hall–Kier alpha value is -0.740. The van der Waals surface area contributed by atoms with E-state index in [1.165, 1.54) is 6.42 Å². The molecular formula is C16H23ClO3S. The standard InChI is InChI=1S/C16H23ClO3S/c1-10-5-11(2)8-14(7-10)20-16-13(4)6-12(3)9-15(16)21(17,18)19/h6,9-11,14H,5,7-8H2,1-4H3. The second-order valence-corrected chi connectivity index (χ2v) is 9.04. The Balaban J connectivity index is 2.35. The summed E-state index contributed by atoms with van der Waals surface area (Å²) in [5.74, 6) is 1.61. The lowest BCUT2D eigenvalue weighted by molar-refractivity contribution is 0.0976. The minimum absolute atomic E-state index is 0.0577. The summed E-state index contributed by atoms with van der Waals surface area (Å²) in [5, 5.41) is 0. The third-order valence-electron chi connectivity index (χ3n) is 4.07. The van der Waals surface area contributed by atoms with E-state index in [1.807, 2.05) is 19.9 Å². The van der Waals surface area contributed by atoms with Crippen molar-refractivity contribution in [2.45, 2.75) is 58.0 Å². The van der Waals surface area contributed by atoms with Crippen LogP contribution in [-0.2, 0) is 9.05 Å². The van der Waals surface area contributed by atoms with E-state index in [1.54, 1.807) is 6.07 Å². The summed E-state index contributed by atoms with van der Waals surface area (Å²) < 4.78 is 29.7. The molecule has 2 atom stereocenters. The maximum atomic E-state index is 11.8. The van der Waals surface area contributed by atoms with Crippen molar-refractivity contribution in [3.05, 3.63) is 23.3 Å². The zero-order chi connectivity index (χ0) is 15.8. The summed E-state index contributed by atoms with van der Waals surface area (Å²) in [7, 11) is 1.77. The summed E-state index contributed by atoms with van der Waals surface area (Å²) in [6.45, 7) is 8.15. The third-order valence-corrected chi connectivity index (χ3v) is 5.39. The highest BCUT2D eigenvalue weighted by Gasteiger charge is 2.28. The number of ether oxygens (including phenoxy) is 1. The van der Waals surface area contributed by atoms with Gasteiger partial charge in [-0.15, -0.1) is 0 Å². The maximum Gasteiger partial charge on any atom is 0.265 e. The zero-order valence-corrected chi connectivity index (χ0v) is 14.6. The van der Waals surface area contributed by atoms with E-state index in [9.17, 15) is 8.42 Å². The van der Waals surface area contributed by atoms with Crippen LogP contribution in [-0.4, -0.2) is 14.5 Å². The Kier molecular flexibility index (Phi) is 4.89. The molecule has 0 radical (unpaired) electrons. The molecule has 1 fully saturated rings. The van der Waals surface area contributed by atoms with Crippen molar-refractivity contribution in [1.29, 1.82) is 0 Å². The molecule has 3 nitrogen and oxygen atoms in total. The molecule has 0 bridgehead atoms. The van der Waals surface area contributed by atoms with Crippen LogP contribution in [0.3, 0.4) is 0 Å². The number of rotatable bonds is 3. The van der Waals surface area contributed by atoms with E-state index in [0.29, 0.717) is 17.6 Å². The van der Waals surface area contributed by atoms with Crippen LogP contribution >= 0.6 is 10.7 Å². The quantitative estimate of drug-likeness (QED) is 0.770. The molecule has 0 aromatic heterocycles. The molecule has 0 saturated heterocycles.